The minimum atomic E-state index is -0.957. The molecular weight excluding hydrogens is 376 g/mol. The number of benzene rings is 1. The van der Waals surface area contributed by atoms with Gasteiger partial charge in [0.25, 0.3) is 11.8 Å². The van der Waals surface area contributed by atoms with Crippen LogP contribution in [0.5, 0.6) is 0 Å². The van der Waals surface area contributed by atoms with Crippen molar-refractivity contribution < 1.29 is 23.9 Å². The number of imide groups is 2. The first-order valence-corrected chi connectivity index (χ1v) is 9.78. The highest BCUT2D eigenvalue weighted by atomic mass is 16.5. The number of amides is 4. The number of piperidine rings is 1. The van der Waals surface area contributed by atoms with Crippen molar-refractivity contribution in [1.82, 2.24) is 20.9 Å². The molecule has 9 heteroatoms. The highest BCUT2D eigenvalue weighted by molar-refractivity contribution is 6.24. The van der Waals surface area contributed by atoms with Crippen LogP contribution in [0.15, 0.2) is 18.2 Å². The van der Waals surface area contributed by atoms with E-state index in [9.17, 15) is 19.2 Å². The first-order chi connectivity index (χ1) is 13.9. The van der Waals surface area contributed by atoms with Crippen molar-refractivity contribution in [3.63, 3.8) is 0 Å². The van der Waals surface area contributed by atoms with E-state index in [0.29, 0.717) is 36.4 Å². The van der Waals surface area contributed by atoms with Crippen molar-refractivity contribution >= 4 is 23.6 Å². The number of ether oxygens (including phenoxy) is 1. The van der Waals surface area contributed by atoms with Crippen LogP contribution in [0.3, 0.4) is 0 Å². The fraction of sp³-hybridized carbons (Fsp3) is 0.500. The van der Waals surface area contributed by atoms with Gasteiger partial charge in [0.15, 0.2) is 0 Å². The minimum absolute atomic E-state index is 0.102. The van der Waals surface area contributed by atoms with E-state index in [4.69, 9.17) is 4.74 Å². The molecule has 2 fully saturated rings. The summed E-state index contributed by atoms with van der Waals surface area (Å²) < 4.78 is 5.82. The highest BCUT2D eigenvalue weighted by Crippen LogP contribution is 2.30. The molecule has 2 unspecified atom stereocenters. The SMILES string of the molecule is CC1(CNCc2cccc3c2C(=O)N(C2CCC(=O)NC2=O)C3=O)CNCCO1. The Morgan fingerprint density at radius 3 is 2.79 bits per heavy atom. The topological polar surface area (TPSA) is 117 Å². The lowest BCUT2D eigenvalue weighted by molar-refractivity contribution is -0.136. The smallest absolute Gasteiger partial charge is 0.262 e. The van der Waals surface area contributed by atoms with E-state index in [-0.39, 0.29) is 24.3 Å². The van der Waals surface area contributed by atoms with E-state index in [1.54, 1.807) is 18.2 Å². The fourth-order valence-electron chi connectivity index (χ4n) is 4.08. The molecule has 3 heterocycles. The maximum absolute atomic E-state index is 13.1. The molecule has 3 aliphatic rings. The molecule has 0 aliphatic carbocycles. The third kappa shape index (κ3) is 3.68. The van der Waals surface area contributed by atoms with Crippen LogP contribution in [0.4, 0.5) is 0 Å². The Morgan fingerprint density at radius 1 is 1.24 bits per heavy atom. The monoisotopic (exact) mass is 400 g/mol. The van der Waals surface area contributed by atoms with E-state index < -0.39 is 23.8 Å². The summed E-state index contributed by atoms with van der Waals surface area (Å²) in [4.78, 5) is 50.5. The summed E-state index contributed by atoms with van der Waals surface area (Å²) in [7, 11) is 0. The summed E-state index contributed by atoms with van der Waals surface area (Å²) in [5, 5.41) is 8.82. The lowest BCUT2D eigenvalue weighted by Gasteiger charge is -2.34. The number of rotatable bonds is 5. The second kappa shape index (κ2) is 7.66. The van der Waals surface area contributed by atoms with E-state index >= 15 is 0 Å². The molecule has 29 heavy (non-hydrogen) atoms. The number of fused-ring (bicyclic) bond motifs is 1. The molecule has 154 valence electrons. The number of carbonyl (C=O) groups is 4. The van der Waals surface area contributed by atoms with Gasteiger partial charge in [0, 0.05) is 32.6 Å². The van der Waals surface area contributed by atoms with Crippen LogP contribution in [0.1, 0.15) is 46.0 Å². The van der Waals surface area contributed by atoms with Crippen LogP contribution in [0.2, 0.25) is 0 Å². The van der Waals surface area contributed by atoms with Gasteiger partial charge in [0.05, 0.1) is 23.3 Å². The molecule has 2 atom stereocenters. The van der Waals surface area contributed by atoms with Crippen LogP contribution in [0, 0.1) is 0 Å². The van der Waals surface area contributed by atoms with Gasteiger partial charge in [0.2, 0.25) is 11.8 Å². The van der Waals surface area contributed by atoms with Gasteiger partial charge in [0.1, 0.15) is 6.04 Å². The second-order valence-corrected chi connectivity index (χ2v) is 7.87. The first kappa shape index (κ1) is 19.7. The Hall–Kier alpha value is -2.62. The predicted molar refractivity (Wildman–Crippen MR) is 102 cm³/mol. The van der Waals surface area contributed by atoms with Gasteiger partial charge in [-0.3, -0.25) is 29.4 Å². The predicted octanol–water partition coefficient (Wildman–Crippen LogP) is -0.444. The zero-order chi connectivity index (χ0) is 20.6. The third-order valence-electron chi connectivity index (χ3n) is 5.60. The Morgan fingerprint density at radius 2 is 2.07 bits per heavy atom. The minimum Gasteiger partial charge on any atom is -0.371 e. The van der Waals surface area contributed by atoms with Crippen molar-refractivity contribution in [2.45, 2.75) is 38.0 Å². The van der Waals surface area contributed by atoms with Gasteiger partial charge in [-0.25, -0.2) is 0 Å². The molecule has 0 radical (unpaired) electrons. The second-order valence-electron chi connectivity index (χ2n) is 7.87. The lowest BCUT2D eigenvalue weighted by atomic mass is 10.0. The summed E-state index contributed by atoms with van der Waals surface area (Å²) in [5.41, 5.74) is 0.973. The Bertz CT molecular complexity index is 878. The van der Waals surface area contributed by atoms with Crippen LogP contribution in [-0.2, 0) is 20.9 Å². The molecule has 0 bridgehead atoms. The van der Waals surface area contributed by atoms with E-state index in [1.807, 2.05) is 6.92 Å². The molecular formula is C20H24N4O5. The summed E-state index contributed by atoms with van der Waals surface area (Å²) in [6, 6.07) is 4.17. The molecule has 4 rings (SSSR count). The van der Waals surface area contributed by atoms with E-state index in [1.165, 1.54) is 0 Å². The number of nitrogens with one attached hydrogen (secondary N) is 3. The van der Waals surface area contributed by atoms with Crippen molar-refractivity contribution in [1.29, 1.82) is 0 Å². The molecule has 3 N–H and O–H groups in total. The number of hydrogen-bond acceptors (Lipinski definition) is 7. The molecule has 9 nitrogen and oxygen atoms in total. The van der Waals surface area contributed by atoms with Crippen LogP contribution < -0.4 is 16.0 Å². The standard InChI is InChI=1S/C20H24N4O5/c1-20(10-21-7-8-29-20)11-22-9-12-3-2-4-13-16(12)19(28)24(18(13)27)14-5-6-15(25)23-17(14)26/h2-4,14,21-22H,5-11H2,1H3,(H,23,25,26). The fourth-order valence-corrected chi connectivity index (χ4v) is 4.08. The number of carbonyl (C=O) groups excluding carboxylic acids is 4. The Kier molecular flexibility index (Phi) is 5.20. The molecule has 0 aromatic heterocycles. The average Bonchev–Trinajstić information content (AvgIpc) is 2.94. The zero-order valence-electron chi connectivity index (χ0n) is 16.2. The maximum atomic E-state index is 13.1. The number of morpholine rings is 1. The summed E-state index contributed by atoms with van der Waals surface area (Å²) >= 11 is 0. The van der Waals surface area contributed by atoms with Gasteiger partial charge in [-0.2, -0.15) is 0 Å². The normalized spacial score (nSPS) is 27.2. The quantitative estimate of drug-likeness (QED) is 0.574. The van der Waals surface area contributed by atoms with Gasteiger partial charge < -0.3 is 15.4 Å². The molecule has 3 aliphatic heterocycles. The highest BCUT2D eigenvalue weighted by Gasteiger charge is 2.45. The lowest BCUT2D eigenvalue weighted by Crippen LogP contribution is -2.54. The summed E-state index contributed by atoms with van der Waals surface area (Å²) in [6.07, 6.45) is 0.247. The van der Waals surface area contributed by atoms with E-state index in [0.717, 1.165) is 18.0 Å². The van der Waals surface area contributed by atoms with Crippen molar-refractivity contribution in [3.8, 4) is 0 Å². The maximum Gasteiger partial charge on any atom is 0.262 e. The zero-order valence-corrected chi connectivity index (χ0v) is 16.2. The van der Waals surface area contributed by atoms with Crippen molar-refractivity contribution in [3.05, 3.63) is 34.9 Å². The van der Waals surface area contributed by atoms with Gasteiger partial charge >= 0.3 is 0 Å². The summed E-state index contributed by atoms with van der Waals surface area (Å²) in [6.45, 7) is 5.20. The third-order valence-corrected chi connectivity index (χ3v) is 5.60. The largest absolute Gasteiger partial charge is 0.371 e. The molecule has 2 saturated heterocycles. The molecule has 4 amide bonds. The molecule has 1 aromatic carbocycles. The van der Waals surface area contributed by atoms with E-state index in [2.05, 4.69) is 16.0 Å². The van der Waals surface area contributed by atoms with Crippen LogP contribution >= 0.6 is 0 Å². The number of hydrogen-bond donors (Lipinski definition) is 3. The molecule has 0 saturated carbocycles. The average molecular weight is 400 g/mol. The first-order valence-electron chi connectivity index (χ1n) is 9.78. The Balaban J connectivity index is 1.50. The Labute approximate surface area is 168 Å². The van der Waals surface area contributed by atoms with Crippen molar-refractivity contribution in [2.24, 2.45) is 0 Å². The van der Waals surface area contributed by atoms with Gasteiger partial charge in [-0.1, -0.05) is 12.1 Å². The van der Waals surface area contributed by atoms with Gasteiger partial charge in [-0.15, -0.1) is 0 Å². The molecule has 1 aromatic rings. The van der Waals surface area contributed by atoms with Crippen molar-refractivity contribution in [2.75, 3.05) is 26.2 Å². The number of nitrogens with zero attached hydrogens (tertiary/aromatic N) is 1. The summed E-state index contributed by atoms with van der Waals surface area (Å²) in [5.74, 6) is -1.97. The van der Waals surface area contributed by atoms with Crippen LogP contribution in [0.25, 0.3) is 0 Å². The molecule has 0 spiro atoms. The van der Waals surface area contributed by atoms with Crippen LogP contribution in [-0.4, -0.2) is 66.4 Å². The van der Waals surface area contributed by atoms with Gasteiger partial charge in [-0.05, 0) is 25.0 Å².